The molecule has 0 aliphatic rings. The minimum atomic E-state index is -0.199. The van der Waals surface area contributed by atoms with Crippen molar-refractivity contribution in [2.45, 2.75) is 25.5 Å². The molecule has 8 heteroatoms. The van der Waals surface area contributed by atoms with E-state index in [1.54, 1.807) is 24.3 Å². The lowest BCUT2D eigenvalue weighted by Crippen LogP contribution is -2.14. The number of hydrogen-bond acceptors (Lipinski definition) is 6. The third-order valence-corrected chi connectivity index (χ3v) is 5.39. The van der Waals surface area contributed by atoms with Crippen LogP contribution in [0.1, 0.15) is 24.2 Å². The van der Waals surface area contributed by atoms with Crippen molar-refractivity contribution in [2.24, 2.45) is 0 Å². The molecule has 0 radical (unpaired) electrons. The van der Waals surface area contributed by atoms with Crippen LogP contribution in [0.4, 0.5) is 5.69 Å². The first-order valence-corrected chi connectivity index (χ1v) is 10.2. The molecule has 146 valence electrons. The maximum absolute atomic E-state index is 12.3. The number of thioether (sulfide) groups is 1. The summed E-state index contributed by atoms with van der Waals surface area (Å²) in [6.45, 7) is 4.32. The van der Waals surface area contributed by atoms with E-state index >= 15 is 0 Å². The maximum Gasteiger partial charge on any atom is 0.234 e. The number of anilines is 1. The Balaban J connectivity index is 1.51. The fourth-order valence-corrected chi connectivity index (χ4v) is 3.80. The Kier molecular flexibility index (Phi) is 5.26. The number of nitrogens with one attached hydrogen (secondary N) is 1. The molecule has 0 bridgehead atoms. The van der Waals surface area contributed by atoms with E-state index in [-0.39, 0.29) is 17.4 Å². The Morgan fingerprint density at radius 2 is 1.93 bits per heavy atom. The van der Waals surface area contributed by atoms with Gasteiger partial charge < -0.3 is 9.88 Å². The number of carbonyl (C=O) groups excluding carboxylic acids is 2. The van der Waals surface area contributed by atoms with Gasteiger partial charge in [-0.05, 0) is 32.0 Å². The molecule has 7 nitrogen and oxygen atoms in total. The zero-order valence-corrected chi connectivity index (χ0v) is 16.9. The van der Waals surface area contributed by atoms with Gasteiger partial charge in [0.2, 0.25) is 11.1 Å². The molecule has 29 heavy (non-hydrogen) atoms. The molecule has 1 amide bonds. The van der Waals surface area contributed by atoms with Gasteiger partial charge in [-0.3, -0.25) is 9.59 Å². The summed E-state index contributed by atoms with van der Waals surface area (Å²) in [4.78, 5) is 28.4. The molecule has 0 saturated heterocycles. The highest BCUT2D eigenvalue weighted by molar-refractivity contribution is 7.99. The second kappa shape index (κ2) is 8.00. The fourth-order valence-electron chi connectivity index (χ4n) is 3.21. The summed E-state index contributed by atoms with van der Waals surface area (Å²) in [5, 5.41) is 12.8. The van der Waals surface area contributed by atoms with Crippen LogP contribution in [0.15, 0.2) is 53.7 Å². The Hall–Kier alpha value is -3.26. The van der Waals surface area contributed by atoms with Crippen molar-refractivity contribution in [1.29, 1.82) is 0 Å². The monoisotopic (exact) mass is 405 g/mol. The Labute approximate surface area is 171 Å². The summed E-state index contributed by atoms with van der Waals surface area (Å²) in [6.07, 6.45) is 0. The summed E-state index contributed by atoms with van der Waals surface area (Å²) >= 11 is 1.23. The number of ketones is 1. The number of benzene rings is 2. The molecule has 0 unspecified atom stereocenters. The van der Waals surface area contributed by atoms with Crippen LogP contribution in [0.25, 0.3) is 22.1 Å². The number of aromatic nitrogens is 4. The lowest BCUT2D eigenvalue weighted by Gasteiger charge is -2.06. The Morgan fingerprint density at radius 3 is 2.72 bits per heavy atom. The topological polar surface area (TPSA) is 89.8 Å². The second-order valence-corrected chi connectivity index (χ2v) is 7.44. The van der Waals surface area contributed by atoms with Gasteiger partial charge in [0, 0.05) is 23.2 Å². The smallest absolute Gasteiger partial charge is 0.234 e. The van der Waals surface area contributed by atoms with Gasteiger partial charge in [-0.2, -0.15) is 0 Å². The van der Waals surface area contributed by atoms with Crippen molar-refractivity contribution in [3.05, 3.63) is 54.1 Å². The fraction of sp³-hybridized carbons (Fsp3) is 0.190. The van der Waals surface area contributed by atoms with Crippen molar-refractivity contribution < 1.29 is 9.59 Å². The van der Waals surface area contributed by atoms with Gasteiger partial charge in [0.1, 0.15) is 5.52 Å². The van der Waals surface area contributed by atoms with Gasteiger partial charge in [-0.1, -0.05) is 42.1 Å². The number of hydrogen-bond donors (Lipinski definition) is 1. The summed E-state index contributed by atoms with van der Waals surface area (Å²) in [7, 11) is 0. The number of amides is 1. The highest BCUT2D eigenvalue weighted by atomic mass is 32.2. The van der Waals surface area contributed by atoms with Crippen molar-refractivity contribution in [1.82, 2.24) is 19.7 Å². The largest absolute Gasteiger partial charge is 0.325 e. The van der Waals surface area contributed by atoms with Crippen LogP contribution < -0.4 is 5.32 Å². The van der Waals surface area contributed by atoms with E-state index in [1.807, 2.05) is 24.3 Å². The van der Waals surface area contributed by atoms with Gasteiger partial charge in [0.05, 0.1) is 11.3 Å². The van der Waals surface area contributed by atoms with E-state index in [4.69, 9.17) is 0 Å². The van der Waals surface area contributed by atoms with Crippen LogP contribution in [-0.4, -0.2) is 37.2 Å². The van der Waals surface area contributed by atoms with E-state index in [0.29, 0.717) is 16.4 Å². The van der Waals surface area contributed by atoms with Crippen LogP contribution in [0.2, 0.25) is 0 Å². The maximum atomic E-state index is 12.3. The van der Waals surface area contributed by atoms with Crippen LogP contribution in [0.3, 0.4) is 0 Å². The van der Waals surface area contributed by atoms with E-state index in [2.05, 4.69) is 32.0 Å². The summed E-state index contributed by atoms with van der Waals surface area (Å²) < 4.78 is 2.09. The predicted molar refractivity (Wildman–Crippen MR) is 114 cm³/mol. The predicted octanol–water partition coefficient (Wildman–Crippen LogP) is 3.93. The second-order valence-electron chi connectivity index (χ2n) is 6.50. The highest BCUT2D eigenvalue weighted by Crippen LogP contribution is 2.27. The van der Waals surface area contributed by atoms with Crippen LogP contribution >= 0.6 is 11.8 Å². The molecule has 2 heterocycles. The lowest BCUT2D eigenvalue weighted by atomic mass is 10.1. The molecule has 2 aromatic heterocycles. The number of Topliss-reactive ketones (excluding diaryl/α,β-unsaturated/α-hetero) is 1. The summed E-state index contributed by atoms with van der Waals surface area (Å²) in [6, 6.07) is 14.9. The first kappa shape index (κ1) is 19.1. The summed E-state index contributed by atoms with van der Waals surface area (Å²) in [5.74, 6) is -0.103. The normalized spacial score (nSPS) is 11.1. The van der Waals surface area contributed by atoms with Crippen molar-refractivity contribution in [2.75, 3.05) is 11.1 Å². The third kappa shape index (κ3) is 3.84. The standard InChI is InChI=1S/C21H19N5O2S/c1-3-26-17-10-5-4-9-16(17)19-20(26)23-21(25-24-19)29-12-18(28)22-15-8-6-7-14(11-15)13(2)27/h4-11H,3,12H2,1-2H3,(H,22,28). The van der Waals surface area contributed by atoms with Gasteiger partial charge in [0.25, 0.3) is 0 Å². The van der Waals surface area contributed by atoms with Gasteiger partial charge in [-0.25, -0.2) is 4.98 Å². The first-order chi connectivity index (χ1) is 14.1. The molecule has 0 saturated carbocycles. The minimum absolute atomic E-state index is 0.0467. The van der Waals surface area contributed by atoms with E-state index in [1.165, 1.54) is 18.7 Å². The zero-order valence-electron chi connectivity index (χ0n) is 16.0. The number of carbonyl (C=O) groups is 2. The van der Waals surface area contributed by atoms with Gasteiger partial charge in [0.15, 0.2) is 11.4 Å². The molecule has 0 aliphatic heterocycles. The van der Waals surface area contributed by atoms with Crippen LogP contribution in [0.5, 0.6) is 0 Å². The van der Waals surface area contributed by atoms with Gasteiger partial charge in [-0.15, -0.1) is 10.2 Å². The molecule has 4 rings (SSSR count). The van der Waals surface area contributed by atoms with E-state index in [0.717, 1.165) is 28.6 Å². The van der Waals surface area contributed by atoms with Crippen molar-refractivity contribution in [3.63, 3.8) is 0 Å². The number of fused-ring (bicyclic) bond motifs is 3. The molecule has 0 aliphatic carbocycles. The van der Waals surface area contributed by atoms with Crippen LogP contribution in [0, 0.1) is 0 Å². The average molecular weight is 405 g/mol. The SMILES string of the molecule is CCn1c2ccccc2c2nnc(SCC(=O)Nc3cccc(C(C)=O)c3)nc21. The molecular formula is C21H19N5O2S. The highest BCUT2D eigenvalue weighted by Gasteiger charge is 2.14. The molecule has 1 N–H and O–H groups in total. The number of rotatable bonds is 6. The molecule has 4 aromatic rings. The first-order valence-electron chi connectivity index (χ1n) is 9.22. The molecule has 0 spiro atoms. The molecule has 0 fully saturated rings. The van der Waals surface area contributed by atoms with Crippen molar-refractivity contribution in [3.8, 4) is 0 Å². The molecule has 2 aromatic carbocycles. The van der Waals surface area contributed by atoms with Crippen molar-refractivity contribution >= 4 is 51.2 Å². The quantitative estimate of drug-likeness (QED) is 0.386. The zero-order chi connectivity index (χ0) is 20.4. The Morgan fingerprint density at radius 1 is 1.10 bits per heavy atom. The van der Waals surface area contributed by atoms with Crippen LogP contribution in [-0.2, 0) is 11.3 Å². The number of aryl methyl sites for hydroxylation is 1. The van der Waals surface area contributed by atoms with E-state index < -0.39 is 0 Å². The van der Waals surface area contributed by atoms with Gasteiger partial charge >= 0.3 is 0 Å². The number of para-hydroxylation sites is 1. The number of nitrogens with zero attached hydrogens (tertiary/aromatic N) is 4. The Bertz CT molecular complexity index is 1230. The lowest BCUT2D eigenvalue weighted by molar-refractivity contribution is -0.113. The van der Waals surface area contributed by atoms with E-state index in [9.17, 15) is 9.59 Å². The minimum Gasteiger partial charge on any atom is -0.325 e. The summed E-state index contributed by atoms with van der Waals surface area (Å²) in [5.41, 5.74) is 3.74. The average Bonchev–Trinajstić information content (AvgIpc) is 3.05. The third-order valence-electron chi connectivity index (χ3n) is 4.56. The molecule has 0 atom stereocenters. The molecular weight excluding hydrogens is 386 g/mol.